The monoisotopic (exact) mass is 520 g/mol. The summed E-state index contributed by atoms with van der Waals surface area (Å²) in [4.78, 5) is 31.8. The van der Waals surface area contributed by atoms with Crippen LogP contribution in [0.4, 0.5) is 0 Å². The van der Waals surface area contributed by atoms with Gasteiger partial charge in [0.1, 0.15) is 5.75 Å². The molecule has 37 heavy (non-hydrogen) atoms. The molecule has 0 saturated carbocycles. The Bertz CT molecular complexity index is 1560. The summed E-state index contributed by atoms with van der Waals surface area (Å²) in [5.41, 5.74) is 2.54. The van der Waals surface area contributed by atoms with Crippen molar-refractivity contribution in [2.75, 3.05) is 20.8 Å². The molecule has 1 N–H and O–H groups in total. The maximum Gasteiger partial charge on any atom is 0.338 e. The number of esters is 1. The Hall–Kier alpha value is -4.11. The van der Waals surface area contributed by atoms with E-state index >= 15 is 0 Å². The van der Waals surface area contributed by atoms with Crippen LogP contribution in [0.5, 0.6) is 17.2 Å². The third-order valence-electron chi connectivity index (χ3n) is 6.01. The number of hydrogen-bond acceptors (Lipinski definition) is 8. The molecule has 9 heteroatoms. The number of benzene rings is 2. The van der Waals surface area contributed by atoms with Gasteiger partial charge >= 0.3 is 5.97 Å². The molecule has 0 spiro atoms. The van der Waals surface area contributed by atoms with Gasteiger partial charge in [-0.05, 0) is 61.7 Å². The molecule has 0 saturated heterocycles. The number of allylic oxidation sites excluding steroid dienone is 2. The number of aromatic hydroxyl groups is 1. The maximum atomic E-state index is 13.8. The average molecular weight is 521 g/mol. The van der Waals surface area contributed by atoms with Crippen LogP contribution in [-0.2, 0) is 16.0 Å². The smallest absolute Gasteiger partial charge is 0.338 e. The normalized spacial score (nSPS) is 15.1. The Kier molecular flexibility index (Phi) is 7.63. The molecule has 1 aromatic heterocycles. The van der Waals surface area contributed by atoms with Crippen LogP contribution in [0.25, 0.3) is 6.08 Å². The SMILES string of the molecule is C=CCc1cc(/C=c2\sc3n(c2=O)[C@H](c2ccc(OC)cc2)C(C(=O)OCC)=C(C)N=3)cc(OC)c1O. The Morgan fingerprint density at radius 2 is 1.95 bits per heavy atom. The van der Waals surface area contributed by atoms with Crippen LogP contribution in [0.2, 0.25) is 0 Å². The first-order chi connectivity index (χ1) is 17.8. The van der Waals surface area contributed by atoms with Crippen LogP contribution in [-0.4, -0.2) is 36.5 Å². The number of rotatable bonds is 8. The summed E-state index contributed by atoms with van der Waals surface area (Å²) in [6.07, 6.45) is 3.85. The Labute approximate surface area is 218 Å². The lowest BCUT2D eigenvalue weighted by Crippen LogP contribution is -2.39. The van der Waals surface area contributed by atoms with E-state index in [0.717, 1.165) is 5.56 Å². The van der Waals surface area contributed by atoms with Gasteiger partial charge in [-0.3, -0.25) is 9.36 Å². The van der Waals surface area contributed by atoms with Crippen LogP contribution >= 0.6 is 11.3 Å². The second-order valence-corrected chi connectivity index (χ2v) is 9.31. The maximum absolute atomic E-state index is 13.8. The first-order valence-electron chi connectivity index (χ1n) is 11.7. The van der Waals surface area contributed by atoms with E-state index in [-0.39, 0.29) is 17.9 Å². The van der Waals surface area contributed by atoms with Crippen molar-refractivity contribution in [3.05, 3.63) is 96.7 Å². The van der Waals surface area contributed by atoms with E-state index in [0.29, 0.717) is 49.7 Å². The van der Waals surface area contributed by atoms with Crippen LogP contribution < -0.4 is 24.4 Å². The molecule has 192 valence electrons. The first-order valence-corrected chi connectivity index (χ1v) is 12.5. The number of nitrogens with zero attached hydrogens (tertiary/aromatic N) is 2. The van der Waals surface area contributed by atoms with Crippen molar-refractivity contribution >= 4 is 23.4 Å². The molecular formula is C28H28N2O6S. The average Bonchev–Trinajstić information content (AvgIpc) is 3.19. The number of phenolic OH excluding ortho intramolecular Hbond substituents is 1. The molecule has 0 bridgehead atoms. The number of hydrogen-bond donors (Lipinski definition) is 1. The molecule has 3 aromatic rings. The van der Waals surface area contributed by atoms with Crippen molar-refractivity contribution in [3.8, 4) is 17.2 Å². The van der Waals surface area contributed by atoms with Gasteiger partial charge in [0.15, 0.2) is 16.3 Å². The van der Waals surface area contributed by atoms with E-state index in [1.54, 1.807) is 57.4 Å². The predicted octanol–water partition coefficient (Wildman–Crippen LogP) is 3.25. The minimum atomic E-state index is -0.714. The summed E-state index contributed by atoms with van der Waals surface area (Å²) in [7, 11) is 3.05. The Morgan fingerprint density at radius 3 is 2.57 bits per heavy atom. The minimum absolute atomic E-state index is 0.0372. The zero-order valence-corrected chi connectivity index (χ0v) is 21.9. The molecule has 1 aliphatic rings. The zero-order valence-electron chi connectivity index (χ0n) is 21.1. The van der Waals surface area contributed by atoms with Gasteiger partial charge in [0, 0.05) is 5.56 Å². The largest absolute Gasteiger partial charge is 0.504 e. The summed E-state index contributed by atoms with van der Waals surface area (Å²) in [6.45, 7) is 7.41. The predicted molar refractivity (Wildman–Crippen MR) is 142 cm³/mol. The van der Waals surface area contributed by atoms with Gasteiger partial charge in [-0.2, -0.15) is 0 Å². The third-order valence-corrected chi connectivity index (χ3v) is 6.99. The molecule has 1 aliphatic heterocycles. The minimum Gasteiger partial charge on any atom is -0.504 e. The number of methoxy groups -OCH3 is 2. The molecule has 0 aliphatic carbocycles. The van der Waals surface area contributed by atoms with Gasteiger partial charge in [-0.25, -0.2) is 9.79 Å². The zero-order chi connectivity index (χ0) is 26.7. The lowest BCUT2D eigenvalue weighted by atomic mass is 9.96. The fraction of sp³-hybridized carbons (Fsp3) is 0.250. The number of fused-ring (bicyclic) bond motifs is 1. The second-order valence-electron chi connectivity index (χ2n) is 8.30. The molecule has 0 radical (unpaired) electrons. The Morgan fingerprint density at radius 1 is 1.22 bits per heavy atom. The van der Waals surface area contributed by atoms with E-state index in [1.165, 1.54) is 23.0 Å². The highest BCUT2D eigenvalue weighted by atomic mass is 32.1. The van der Waals surface area contributed by atoms with Crippen molar-refractivity contribution in [1.29, 1.82) is 0 Å². The van der Waals surface area contributed by atoms with E-state index < -0.39 is 12.0 Å². The highest BCUT2D eigenvalue weighted by Crippen LogP contribution is 2.33. The summed E-state index contributed by atoms with van der Waals surface area (Å²) in [5.74, 6) is 0.479. The number of carbonyl (C=O) groups excluding carboxylic acids is 1. The molecule has 2 aromatic carbocycles. The van der Waals surface area contributed by atoms with Crippen LogP contribution in [0.1, 0.15) is 36.6 Å². The third kappa shape index (κ3) is 4.95. The van der Waals surface area contributed by atoms with Crippen LogP contribution in [0, 0.1) is 0 Å². The molecule has 0 amide bonds. The van der Waals surface area contributed by atoms with Crippen molar-refractivity contribution < 1.29 is 24.1 Å². The van der Waals surface area contributed by atoms with Gasteiger partial charge in [0.2, 0.25) is 0 Å². The van der Waals surface area contributed by atoms with Gasteiger partial charge in [0.25, 0.3) is 5.56 Å². The quantitative estimate of drug-likeness (QED) is 0.362. The van der Waals surface area contributed by atoms with Gasteiger partial charge in [-0.15, -0.1) is 6.58 Å². The number of thiazole rings is 1. The van der Waals surface area contributed by atoms with Crippen LogP contribution in [0.15, 0.2) is 70.1 Å². The van der Waals surface area contributed by atoms with Crippen molar-refractivity contribution in [2.45, 2.75) is 26.3 Å². The summed E-state index contributed by atoms with van der Waals surface area (Å²) >= 11 is 1.22. The molecule has 0 fully saturated rings. The van der Waals surface area contributed by atoms with Gasteiger partial charge in [-0.1, -0.05) is 29.5 Å². The number of phenols is 1. The highest BCUT2D eigenvalue weighted by molar-refractivity contribution is 7.07. The molecule has 2 heterocycles. The van der Waals surface area contributed by atoms with Gasteiger partial charge in [0.05, 0.1) is 42.7 Å². The molecular weight excluding hydrogens is 492 g/mol. The molecule has 0 unspecified atom stereocenters. The van der Waals surface area contributed by atoms with E-state index in [2.05, 4.69) is 11.6 Å². The summed E-state index contributed by atoms with van der Waals surface area (Å²) in [6, 6.07) is 9.95. The van der Waals surface area contributed by atoms with Crippen molar-refractivity contribution in [2.24, 2.45) is 4.99 Å². The lowest BCUT2D eigenvalue weighted by molar-refractivity contribution is -0.139. The van der Waals surface area contributed by atoms with Crippen molar-refractivity contribution in [3.63, 3.8) is 0 Å². The fourth-order valence-corrected chi connectivity index (χ4v) is 5.33. The number of aromatic nitrogens is 1. The number of carbonyl (C=O) groups is 1. The summed E-state index contributed by atoms with van der Waals surface area (Å²) in [5, 5.41) is 10.4. The van der Waals surface area contributed by atoms with E-state index in [4.69, 9.17) is 14.2 Å². The van der Waals surface area contributed by atoms with E-state index in [9.17, 15) is 14.7 Å². The van der Waals surface area contributed by atoms with E-state index in [1.807, 2.05) is 12.1 Å². The first kappa shape index (κ1) is 26.0. The molecule has 8 nitrogen and oxygen atoms in total. The lowest BCUT2D eigenvalue weighted by Gasteiger charge is -2.24. The standard InChI is InChI=1S/C28H28N2O6S/c1-6-8-19-13-17(14-21(35-5)25(19)31)15-22-26(32)30-24(18-9-11-20(34-4)12-10-18)23(27(33)36-7-2)16(3)29-28(30)37-22/h6,9-15,24,31H,1,7-8H2,2-5H3/b22-15-/t24-/m1/s1. The Balaban J connectivity index is 1.94. The van der Waals surface area contributed by atoms with Crippen LogP contribution in [0.3, 0.4) is 0 Å². The van der Waals surface area contributed by atoms with Crippen molar-refractivity contribution in [1.82, 2.24) is 4.57 Å². The molecule has 1 atom stereocenters. The highest BCUT2D eigenvalue weighted by Gasteiger charge is 2.33. The van der Waals surface area contributed by atoms with Gasteiger partial charge < -0.3 is 19.3 Å². The second kappa shape index (κ2) is 10.9. The number of ether oxygens (including phenoxy) is 3. The molecule has 4 rings (SSSR count). The topological polar surface area (TPSA) is 99.4 Å². The fourth-order valence-electron chi connectivity index (χ4n) is 4.28. The summed E-state index contributed by atoms with van der Waals surface area (Å²) < 4.78 is 17.9.